The van der Waals surface area contributed by atoms with Gasteiger partial charge in [-0.2, -0.15) is 0 Å². The van der Waals surface area contributed by atoms with Gasteiger partial charge in [-0.15, -0.1) is 0 Å². The normalized spacial score (nSPS) is 13.8. The minimum Gasteiger partial charge on any atom is -0.497 e. The predicted octanol–water partition coefficient (Wildman–Crippen LogP) is 3.50. The Morgan fingerprint density at radius 3 is 2.58 bits per heavy atom. The van der Waals surface area contributed by atoms with Crippen molar-refractivity contribution in [2.24, 2.45) is 0 Å². The van der Waals surface area contributed by atoms with Crippen molar-refractivity contribution in [2.75, 3.05) is 7.11 Å². The second-order valence-electron chi connectivity index (χ2n) is 4.64. The van der Waals surface area contributed by atoms with Crippen molar-refractivity contribution in [1.29, 1.82) is 0 Å². The van der Waals surface area contributed by atoms with Crippen molar-refractivity contribution >= 4 is 0 Å². The van der Waals surface area contributed by atoms with E-state index in [1.807, 2.05) is 36.5 Å². The molecule has 1 unspecified atom stereocenters. The topological polar surface area (TPSA) is 34.1 Å². The van der Waals surface area contributed by atoms with Crippen LogP contribution in [0.1, 0.15) is 37.2 Å². The second-order valence-corrected chi connectivity index (χ2v) is 4.64. The first-order valence-electron chi connectivity index (χ1n) is 6.51. The molecule has 3 heteroatoms. The molecule has 0 aliphatic carbocycles. The number of aromatic nitrogens is 1. The lowest BCUT2D eigenvalue weighted by molar-refractivity contribution is 0.412. The van der Waals surface area contributed by atoms with Gasteiger partial charge in [-0.25, -0.2) is 0 Å². The summed E-state index contributed by atoms with van der Waals surface area (Å²) in [4.78, 5) is 4.37. The van der Waals surface area contributed by atoms with Gasteiger partial charge < -0.3 is 10.1 Å². The molecule has 2 atom stereocenters. The number of rotatable bonds is 5. The number of nitrogens with one attached hydrogen (secondary N) is 1. The average molecular weight is 256 g/mol. The van der Waals surface area contributed by atoms with Crippen molar-refractivity contribution in [3.63, 3.8) is 0 Å². The quantitative estimate of drug-likeness (QED) is 0.889. The Morgan fingerprint density at radius 1 is 1.05 bits per heavy atom. The molecule has 2 rings (SSSR count). The lowest BCUT2D eigenvalue weighted by atomic mass is 10.1. The van der Waals surface area contributed by atoms with Crippen LogP contribution in [0.25, 0.3) is 0 Å². The van der Waals surface area contributed by atoms with E-state index in [9.17, 15) is 0 Å². The summed E-state index contributed by atoms with van der Waals surface area (Å²) in [7, 11) is 1.69. The summed E-state index contributed by atoms with van der Waals surface area (Å²) in [6.07, 6.45) is 1.82. The van der Waals surface area contributed by atoms with Crippen molar-refractivity contribution in [3.05, 3.63) is 59.9 Å². The smallest absolute Gasteiger partial charge is 0.119 e. The number of methoxy groups -OCH3 is 1. The summed E-state index contributed by atoms with van der Waals surface area (Å²) in [6, 6.07) is 14.6. The van der Waals surface area contributed by atoms with Crippen LogP contribution >= 0.6 is 0 Å². The van der Waals surface area contributed by atoms with E-state index in [0.717, 1.165) is 11.4 Å². The van der Waals surface area contributed by atoms with E-state index < -0.39 is 0 Å². The van der Waals surface area contributed by atoms with Gasteiger partial charge in [-0.05, 0) is 43.7 Å². The SMILES string of the molecule is COc1cccc(C(C)N[C@@H](C)c2ccccn2)c1. The van der Waals surface area contributed by atoms with Crippen molar-refractivity contribution in [2.45, 2.75) is 25.9 Å². The van der Waals surface area contributed by atoms with Crippen molar-refractivity contribution < 1.29 is 4.74 Å². The average Bonchev–Trinajstić information content (AvgIpc) is 2.48. The first-order chi connectivity index (χ1) is 9.20. The summed E-state index contributed by atoms with van der Waals surface area (Å²) < 4.78 is 5.25. The van der Waals surface area contributed by atoms with Crippen LogP contribution in [0.4, 0.5) is 0 Å². The molecule has 100 valence electrons. The lowest BCUT2D eigenvalue weighted by Crippen LogP contribution is -2.23. The van der Waals surface area contributed by atoms with Crippen LogP contribution in [0.2, 0.25) is 0 Å². The fourth-order valence-corrected chi connectivity index (χ4v) is 2.10. The van der Waals surface area contributed by atoms with Gasteiger partial charge in [0.1, 0.15) is 5.75 Å². The molecule has 0 saturated carbocycles. The zero-order chi connectivity index (χ0) is 13.7. The number of hydrogen-bond acceptors (Lipinski definition) is 3. The third-order valence-electron chi connectivity index (χ3n) is 3.23. The number of pyridine rings is 1. The predicted molar refractivity (Wildman–Crippen MR) is 77.2 cm³/mol. The fraction of sp³-hybridized carbons (Fsp3) is 0.312. The maximum atomic E-state index is 5.25. The maximum absolute atomic E-state index is 5.25. The molecular weight excluding hydrogens is 236 g/mol. The molecule has 0 aliphatic rings. The van der Waals surface area contributed by atoms with E-state index >= 15 is 0 Å². The summed E-state index contributed by atoms with van der Waals surface area (Å²) in [5.41, 5.74) is 2.26. The van der Waals surface area contributed by atoms with Crippen LogP contribution in [-0.4, -0.2) is 12.1 Å². The molecule has 1 aromatic heterocycles. The standard InChI is InChI=1S/C16H20N2O/c1-12(14-7-6-8-15(11-14)19-3)18-13(2)16-9-4-5-10-17-16/h4-13,18H,1-3H3/t12?,13-/m0/s1. The highest BCUT2D eigenvalue weighted by Gasteiger charge is 2.12. The van der Waals surface area contributed by atoms with Gasteiger partial charge in [0.25, 0.3) is 0 Å². The molecule has 0 amide bonds. The van der Waals surface area contributed by atoms with Crippen molar-refractivity contribution in [1.82, 2.24) is 10.3 Å². The molecule has 1 N–H and O–H groups in total. The Hall–Kier alpha value is -1.87. The highest BCUT2D eigenvalue weighted by atomic mass is 16.5. The first kappa shape index (κ1) is 13.6. The highest BCUT2D eigenvalue weighted by Crippen LogP contribution is 2.21. The first-order valence-corrected chi connectivity index (χ1v) is 6.51. The summed E-state index contributed by atoms with van der Waals surface area (Å²) in [6.45, 7) is 4.27. The molecule has 0 spiro atoms. The minimum absolute atomic E-state index is 0.211. The Morgan fingerprint density at radius 2 is 1.89 bits per heavy atom. The van der Waals surface area contributed by atoms with Crippen LogP contribution < -0.4 is 10.1 Å². The van der Waals surface area contributed by atoms with E-state index in [1.165, 1.54) is 5.56 Å². The molecule has 3 nitrogen and oxygen atoms in total. The second kappa shape index (κ2) is 6.34. The molecule has 0 saturated heterocycles. The van der Waals surface area contributed by atoms with Crippen molar-refractivity contribution in [3.8, 4) is 5.75 Å². The molecule has 0 bridgehead atoms. The molecule has 19 heavy (non-hydrogen) atoms. The molecule has 2 aromatic rings. The van der Waals surface area contributed by atoms with Gasteiger partial charge in [0, 0.05) is 18.3 Å². The van der Waals surface area contributed by atoms with E-state index in [-0.39, 0.29) is 12.1 Å². The third kappa shape index (κ3) is 3.55. The van der Waals surface area contributed by atoms with Crippen LogP contribution in [0.15, 0.2) is 48.7 Å². The number of hydrogen-bond donors (Lipinski definition) is 1. The molecular formula is C16H20N2O. The molecule has 0 radical (unpaired) electrons. The molecule has 1 heterocycles. The zero-order valence-corrected chi connectivity index (χ0v) is 11.6. The number of benzene rings is 1. The lowest BCUT2D eigenvalue weighted by Gasteiger charge is -2.20. The number of ether oxygens (including phenoxy) is 1. The summed E-state index contributed by atoms with van der Waals surface area (Å²) in [5, 5.41) is 3.55. The van der Waals surface area contributed by atoms with E-state index in [2.05, 4.69) is 36.3 Å². The van der Waals surface area contributed by atoms with Gasteiger partial charge >= 0.3 is 0 Å². The van der Waals surface area contributed by atoms with Crippen LogP contribution in [0.3, 0.4) is 0 Å². The highest BCUT2D eigenvalue weighted by molar-refractivity contribution is 5.30. The van der Waals surface area contributed by atoms with Gasteiger partial charge in [0.15, 0.2) is 0 Å². The molecule has 1 aromatic carbocycles. The van der Waals surface area contributed by atoms with Gasteiger partial charge in [0.2, 0.25) is 0 Å². The van der Waals surface area contributed by atoms with E-state index in [0.29, 0.717) is 0 Å². The Labute approximate surface area is 114 Å². The Bertz CT molecular complexity index is 513. The molecule has 0 fully saturated rings. The Balaban J connectivity index is 2.06. The van der Waals surface area contributed by atoms with Crippen LogP contribution in [0, 0.1) is 0 Å². The van der Waals surface area contributed by atoms with E-state index in [1.54, 1.807) is 7.11 Å². The van der Waals surface area contributed by atoms with Gasteiger partial charge in [0.05, 0.1) is 12.8 Å². The largest absolute Gasteiger partial charge is 0.497 e. The monoisotopic (exact) mass is 256 g/mol. The van der Waals surface area contributed by atoms with Crippen LogP contribution in [-0.2, 0) is 0 Å². The zero-order valence-electron chi connectivity index (χ0n) is 11.6. The van der Waals surface area contributed by atoms with Gasteiger partial charge in [-0.3, -0.25) is 4.98 Å². The van der Waals surface area contributed by atoms with Crippen LogP contribution in [0.5, 0.6) is 5.75 Å². The van der Waals surface area contributed by atoms with Gasteiger partial charge in [-0.1, -0.05) is 18.2 Å². The maximum Gasteiger partial charge on any atom is 0.119 e. The summed E-state index contributed by atoms with van der Waals surface area (Å²) >= 11 is 0. The fourth-order valence-electron chi connectivity index (χ4n) is 2.10. The number of nitrogens with zero attached hydrogens (tertiary/aromatic N) is 1. The van der Waals surface area contributed by atoms with E-state index in [4.69, 9.17) is 4.74 Å². The molecule has 0 aliphatic heterocycles. The Kier molecular flexibility index (Phi) is 4.53. The minimum atomic E-state index is 0.211. The third-order valence-corrected chi connectivity index (χ3v) is 3.23. The summed E-state index contributed by atoms with van der Waals surface area (Å²) in [5.74, 6) is 0.886.